The van der Waals surface area contributed by atoms with Crippen molar-refractivity contribution in [2.45, 2.75) is 26.2 Å². The zero-order valence-electron chi connectivity index (χ0n) is 26.5. The molecule has 0 aliphatic carbocycles. The molecule has 1 atom stereocenters. The van der Waals surface area contributed by atoms with Crippen LogP contribution in [0.1, 0.15) is 36.7 Å². The maximum absolute atomic E-state index is 13.2. The number of aromatic nitrogens is 1. The Labute approximate surface area is 274 Å². The van der Waals surface area contributed by atoms with E-state index in [9.17, 15) is 18.9 Å². The Morgan fingerprint density at radius 3 is 2.28 bits per heavy atom. The minimum absolute atomic E-state index is 0.0531. The lowest BCUT2D eigenvalue weighted by Crippen LogP contribution is -2.20. The van der Waals surface area contributed by atoms with Gasteiger partial charge in [0.1, 0.15) is 39.6 Å². The van der Waals surface area contributed by atoms with E-state index in [1.54, 1.807) is 54.9 Å². The quantitative estimate of drug-likeness (QED) is 0.101. The molecule has 0 fully saturated rings. The fraction of sp³-hybridized carbons (Fsp3) is 0.171. The molecule has 0 radical (unpaired) electrons. The van der Waals surface area contributed by atoms with Gasteiger partial charge >= 0.3 is 12.0 Å². The molecule has 5 aromatic rings. The molecule has 1 aromatic heterocycles. The van der Waals surface area contributed by atoms with Crippen molar-refractivity contribution in [3.05, 3.63) is 102 Å². The fourth-order valence-electron chi connectivity index (χ4n) is 4.88. The number of carbonyl (C=O) groups is 2. The minimum atomic E-state index is -1.27. The number of rotatable bonds is 10. The van der Waals surface area contributed by atoms with Crippen LogP contribution < -0.4 is 30.1 Å². The molecule has 12 heteroatoms. The lowest BCUT2D eigenvalue weighted by Gasteiger charge is -2.22. The van der Waals surface area contributed by atoms with Gasteiger partial charge in [0.25, 0.3) is 0 Å². The molecule has 0 aliphatic rings. The van der Waals surface area contributed by atoms with Crippen molar-refractivity contribution in [3.63, 3.8) is 0 Å². The maximum atomic E-state index is 13.2. The Morgan fingerprint density at radius 2 is 1.57 bits per heavy atom. The zero-order chi connectivity index (χ0) is 33.7. The predicted octanol–water partition coefficient (Wildman–Crippen LogP) is 8.12. The van der Waals surface area contributed by atoms with E-state index in [1.165, 1.54) is 13.2 Å². The molecule has 2 amide bonds. The van der Waals surface area contributed by atoms with Gasteiger partial charge in [0.05, 0.1) is 12.8 Å². The summed E-state index contributed by atoms with van der Waals surface area (Å²) in [7, 11) is 0.139. The lowest BCUT2D eigenvalue weighted by molar-refractivity contribution is 0.0693. The van der Waals surface area contributed by atoms with Crippen LogP contribution in [0, 0.1) is 0 Å². The third-order valence-corrected chi connectivity index (χ3v) is 7.64. The van der Waals surface area contributed by atoms with Gasteiger partial charge in [-0.2, -0.15) is 0 Å². The van der Waals surface area contributed by atoms with Crippen molar-refractivity contribution in [3.8, 4) is 17.2 Å². The number of benzene rings is 4. The number of anilines is 5. The van der Waals surface area contributed by atoms with Crippen molar-refractivity contribution < 1.29 is 28.4 Å². The predicted molar refractivity (Wildman–Crippen MR) is 187 cm³/mol. The van der Waals surface area contributed by atoms with Crippen LogP contribution in [0.3, 0.4) is 0 Å². The van der Waals surface area contributed by atoms with Crippen molar-refractivity contribution >= 4 is 62.3 Å². The van der Waals surface area contributed by atoms with Gasteiger partial charge in [-0.25, -0.2) is 18.8 Å². The van der Waals surface area contributed by atoms with E-state index in [0.717, 1.165) is 16.3 Å². The third-order valence-electron chi connectivity index (χ3n) is 7.11. The number of nitrogens with zero attached hydrogens (tertiary/aromatic N) is 1. The van der Waals surface area contributed by atoms with Crippen molar-refractivity contribution in [1.29, 1.82) is 0 Å². The highest BCUT2D eigenvalue weighted by Crippen LogP contribution is 2.36. The summed E-state index contributed by atoms with van der Waals surface area (Å²) >= 11 is 0. The summed E-state index contributed by atoms with van der Waals surface area (Å²) in [6.07, 6.45) is 3.14. The van der Waals surface area contributed by atoms with Crippen molar-refractivity contribution in [2.24, 2.45) is 0 Å². The Balaban J connectivity index is 1.35. The Kier molecular flexibility index (Phi) is 9.62. The molecule has 47 heavy (non-hydrogen) atoms. The number of amides is 2. The van der Waals surface area contributed by atoms with Gasteiger partial charge in [0.2, 0.25) is 0 Å². The van der Waals surface area contributed by atoms with Crippen LogP contribution in [-0.4, -0.2) is 39.7 Å². The number of carboxylic acids is 1. The summed E-state index contributed by atoms with van der Waals surface area (Å²) in [4.78, 5) is 29.0. The second-order valence-corrected chi connectivity index (χ2v) is 12.8. The standard InChI is InChI=1S/C35H35N5O6S/c1-35(2,3)21-16-23(18-24(17-21)40-47(5)44)38-34(43)39-29-12-13-30(27-9-7-6-8-26(27)29)46-25-14-15-36-32(20-25)37-22-10-11-28(33(41)42)31(19-22)45-4/h6-20,40H,1-5H3,(H,36,37)(H,41,42)(H2,38,39,43). The normalized spacial score (nSPS) is 11.8. The summed E-state index contributed by atoms with van der Waals surface area (Å²) in [5.74, 6) is 0.693. The Bertz CT molecular complexity index is 1990. The summed E-state index contributed by atoms with van der Waals surface area (Å²) < 4.78 is 26.2. The van der Waals surface area contributed by atoms with E-state index < -0.39 is 23.0 Å². The summed E-state index contributed by atoms with van der Waals surface area (Å²) in [5.41, 5.74) is 3.21. The van der Waals surface area contributed by atoms with E-state index in [1.807, 2.05) is 36.4 Å². The second-order valence-electron chi connectivity index (χ2n) is 11.7. The topological polar surface area (TPSA) is 151 Å². The molecule has 0 bridgehead atoms. The lowest BCUT2D eigenvalue weighted by atomic mass is 9.86. The van der Waals surface area contributed by atoms with E-state index >= 15 is 0 Å². The van der Waals surface area contributed by atoms with Gasteiger partial charge in [-0.15, -0.1) is 0 Å². The Hall–Kier alpha value is -5.62. The number of nitrogens with one attached hydrogen (secondary N) is 4. The fourth-order valence-corrected chi connectivity index (χ4v) is 5.33. The number of pyridine rings is 1. The van der Waals surface area contributed by atoms with Crippen LogP contribution in [0.2, 0.25) is 0 Å². The largest absolute Gasteiger partial charge is 0.496 e. The number of fused-ring (bicyclic) bond motifs is 1. The average molecular weight is 654 g/mol. The number of ether oxygens (including phenoxy) is 2. The number of aromatic carboxylic acids is 1. The molecular weight excluding hydrogens is 618 g/mol. The average Bonchev–Trinajstić information content (AvgIpc) is 3.01. The van der Waals surface area contributed by atoms with Gasteiger partial charge in [-0.3, -0.25) is 0 Å². The molecule has 5 rings (SSSR count). The molecule has 1 unspecified atom stereocenters. The maximum Gasteiger partial charge on any atom is 0.339 e. The van der Waals surface area contributed by atoms with Crippen LogP contribution in [-0.2, 0) is 16.4 Å². The number of urea groups is 1. The molecule has 1 heterocycles. The first kappa shape index (κ1) is 32.8. The SMILES string of the molecule is COc1cc(Nc2cc(Oc3ccc(NC(=O)Nc4cc(NS(C)=O)cc(C(C)(C)C)c4)c4ccccc34)ccn2)ccc1C(=O)O. The molecular formula is C35H35N5O6S. The smallest absolute Gasteiger partial charge is 0.339 e. The van der Waals surface area contributed by atoms with Crippen LogP contribution in [0.5, 0.6) is 17.2 Å². The number of carboxylic acid groups (broad SMARTS) is 1. The first-order chi connectivity index (χ1) is 22.4. The minimum Gasteiger partial charge on any atom is -0.496 e. The van der Waals surface area contributed by atoms with E-state index in [-0.39, 0.29) is 16.7 Å². The van der Waals surface area contributed by atoms with Crippen LogP contribution >= 0.6 is 0 Å². The van der Waals surface area contributed by atoms with Gasteiger partial charge in [0.15, 0.2) is 0 Å². The first-order valence-corrected chi connectivity index (χ1v) is 16.1. The number of hydrogen-bond acceptors (Lipinski definition) is 7. The van der Waals surface area contributed by atoms with Gasteiger partial charge in [-0.05, 0) is 59.5 Å². The molecule has 5 N–H and O–H groups in total. The summed E-state index contributed by atoms with van der Waals surface area (Å²) in [6, 6.07) is 24.3. The molecule has 242 valence electrons. The van der Waals surface area contributed by atoms with Gasteiger partial charge < -0.3 is 35.3 Å². The monoisotopic (exact) mass is 653 g/mol. The summed E-state index contributed by atoms with van der Waals surface area (Å²) in [6.45, 7) is 6.20. The molecule has 0 saturated carbocycles. The third kappa shape index (κ3) is 8.16. The van der Waals surface area contributed by atoms with Gasteiger partial charge in [0, 0.05) is 52.4 Å². The number of methoxy groups -OCH3 is 1. The van der Waals surface area contributed by atoms with E-state index in [4.69, 9.17) is 9.47 Å². The van der Waals surface area contributed by atoms with Crippen LogP contribution in [0.4, 0.5) is 33.4 Å². The highest BCUT2D eigenvalue weighted by atomic mass is 32.2. The zero-order valence-corrected chi connectivity index (χ0v) is 27.3. The second kappa shape index (κ2) is 13.8. The first-order valence-electron chi connectivity index (χ1n) is 14.6. The molecule has 0 spiro atoms. The van der Waals surface area contributed by atoms with Crippen LogP contribution in [0.15, 0.2) is 91.1 Å². The highest BCUT2D eigenvalue weighted by Gasteiger charge is 2.18. The molecule has 4 aromatic carbocycles. The highest BCUT2D eigenvalue weighted by molar-refractivity contribution is 7.85. The van der Waals surface area contributed by atoms with E-state index in [2.05, 4.69) is 46.4 Å². The van der Waals surface area contributed by atoms with Crippen molar-refractivity contribution in [2.75, 3.05) is 34.0 Å². The van der Waals surface area contributed by atoms with Gasteiger partial charge in [-0.1, -0.05) is 45.0 Å². The summed E-state index contributed by atoms with van der Waals surface area (Å²) in [5, 5.41) is 19.9. The van der Waals surface area contributed by atoms with Crippen molar-refractivity contribution in [1.82, 2.24) is 4.98 Å². The Morgan fingerprint density at radius 1 is 0.830 bits per heavy atom. The number of carbonyl (C=O) groups excluding carboxylic acids is 1. The molecule has 0 aliphatic heterocycles. The molecule has 11 nitrogen and oxygen atoms in total. The van der Waals surface area contributed by atoms with Crippen LogP contribution in [0.25, 0.3) is 10.8 Å². The number of hydrogen-bond donors (Lipinski definition) is 5. The molecule has 0 saturated heterocycles. The van der Waals surface area contributed by atoms with E-state index in [0.29, 0.717) is 40.1 Å².